The summed E-state index contributed by atoms with van der Waals surface area (Å²) in [6, 6.07) is 17.9. The van der Waals surface area contributed by atoms with Crippen molar-refractivity contribution >= 4 is 5.91 Å². The van der Waals surface area contributed by atoms with Crippen LogP contribution in [0.5, 0.6) is 5.75 Å². The van der Waals surface area contributed by atoms with Crippen LogP contribution in [0.1, 0.15) is 6.42 Å². The minimum Gasteiger partial charge on any atom is -0.492 e. The minimum absolute atomic E-state index is 0.0165. The molecular formula is C16H17NO2. The predicted molar refractivity (Wildman–Crippen MR) is 76.1 cm³/mol. The smallest absolute Gasteiger partial charge is 0.223 e. The highest BCUT2D eigenvalue weighted by molar-refractivity contribution is 5.75. The zero-order chi connectivity index (χ0) is 13.5. The molecule has 0 saturated heterocycles. The van der Waals surface area contributed by atoms with Crippen LogP contribution in [0.4, 0.5) is 0 Å². The fraction of sp³-hybridized carbons (Fsp3) is 0.188. The molecule has 19 heavy (non-hydrogen) atoms. The number of ether oxygens (including phenoxy) is 1. The van der Waals surface area contributed by atoms with E-state index in [-0.39, 0.29) is 5.91 Å². The normalized spacial score (nSPS) is 9.95. The molecule has 3 heteroatoms. The SMILES string of the molecule is CNC(=O)CCOc1ccccc1-c1ccccc1. The van der Waals surface area contributed by atoms with Crippen molar-refractivity contribution in [2.45, 2.75) is 6.42 Å². The first kappa shape index (κ1) is 13.1. The molecule has 0 aliphatic rings. The van der Waals surface area contributed by atoms with Gasteiger partial charge in [0.25, 0.3) is 0 Å². The Bertz CT molecular complexity index is 537. The highest BCUT2D eigenvalue weighted by Crippen LogP contribution is 2.29. The average Bonchev–Trinajstić information content (AvgIpc) is 2.48. The van der Waals surface area contributed by atoms with Crippen LogP contribution in [0.3, 0.4) is 0 Å². The van der Waals surface area contributed by atoms with E-state index in [1.165, 1.54) is 0 Å². The summed E-state index contributed by atoms with van der Waals surface area (Å²) in [7, 11) is 1.63. The Balaban J connectivity index is 2.11. The van der Waals surface area contributed by atoms with E-state index in [1.54, 1.807) is 7.05 Å². The Kier molecular flexibility index (Phi) is 4.56. The Labute approximate surface area is 113 Å². The van der Waals surface area contributed by atoms with Crippen LogP contribution in [0, 0.1) is 0 Å². The summed E-state index contributed by atoms with van der Waals surface area (Å²) < 4.78 is 5.70. The van der Waals surface area contributed by atoms with Crippen molar-refractivity contribution in [3.63, 3.8) is 0 Å². The number of carbonyl (C=O) groups is 1. The van der Waals surface area contributed by atoms with E-state index in [0.717, 1.165) is 16.9 Å². The third-order valence-corrected chi connectivity index (χ3v) is 2.84. The maximum absolute atomic E-state index is 11.2. The van der Waals surface area contributed by atoms with Gasteiger partial charge in [0.15, 0.2) is 0 Å². The van der Waals surface area contributed by atoms with Gasteiger partial charge in [-0.05, 0) is 11.6 Å². The Morgan fingerprint density at radius 3 is 2.47 bits per heavy atom. The Hall–Kier alpha value is -2.29. The molecule has 3 nitrogen and oxygen atoms in total. The Morgan fingerprint density at radius 2 is 1.74 bits per heavy atom. The van der Waals surface area contributed by atoms with Gasteiger partial charge in [0.2, 0.25) is 5.91 Å². The second-order valence-electron chi connectivity index (χ2n) is 4.13. The molecule has 98 valence electrons. The van der Waals surface area contributed by atoms with E-state index >= 15 is 0 Å². The van der Waals surface area contributed by atoms with Crippen LogP contribution in [0.25, 0.3) is 11.1 Å². The molecule has 0 aromatic heterocycles. The third-order valence-electron chi connectivity index (χ3n) is 2.84. The van der Waals surface area contributed by atoms with Gasteiger partial charge in [-0.2, -0.15) is 0 Å². The molecule has 0 bridgehead atoms. The zero-order valence-corrected chi connectivity index (χ0v) is 10.9. The summed E-state index contributed by atoms with van der Waals surface area (Å²) in [5.74, 6) is 0.787. The molecule has 0 radical (unpaired) electrons. The second-order valence-corrected chi connectivity index (χ2v) is 4.13. The summed E-state index contributed by atoms with van der Waals surface area (Å²) in [5.41, 5.74) is 2.15. The summed E-state index contributed by atoms with van der Waals surface area (Å²) in [5, 5.41) is 2.58. The minimum atomic E-state index is -0.0165. The third kappa shape index (κ3) is 3.58. The number of hydrogen-bond donors (Lipinski definition) is 1. The van der Waals surface area contributed by atoms with E-state index in [0.29, 0.717) is 13.0 Å². The number of benzene rings is 2. The lowest BCUT2D eigenvalue weighted by Crippen LogP contribution is -2.20. The molecule has 0 saturated carbocycles. The molecule has 2 aromatic rings. The Morgan fingerprint density at radius 1 is 1.05 bits per heavy atom. The lowest BCUT2D eigenvalue weighted by Gasteiger charge is -2.11. The van der Waals surface area contributed by atoms with Crippen LogP contribution < -0.4 is 10.1 Å². The van der Waals surface area contributed by atoms with Gasteiger partial charge in [0.05, 0.1) is 13.0 Å². The lowest BCUT2D eigenvalue weighted by atomic mass is 10.1. The number of amides is 1. The first-order valence-electron chi connectivity index (χ1n) is 6.29. The van der Waals surface area contributed by atoms with Crippen molar-refractivity contribution in [3.05, 3.63) is 54.6 Å². The second kappa shape index (κ2) is 6.59. The van der Waals surface area contributed by atoms with Crippen molar-refractivity contribution in [3.8, 4) is 16.9 Å². The topological polar surface area (TPSA) is 38.3 Å². The van der Waals surface area contributed by atoms with Crippen molar-refractivity contribution in [1.29, 1.82) is 0 Å². The van der Waals surface area contributed by atoms with E-state index in [2.05, 4.69) is 5.32 Å². The highest BCUT2D eigenvalue weighted by Gasteiger charge is 2.06. The monoisotopic (exact) mass is 255 g/mol. The quantitative estimate of drug-likeness (QED) is 0.892. The summed E-state index contributed by atoms with van der Waals surface area (Å²) in [6.07, 6.45) is 0.361. The molecule has 0 spiro atoms. The van der Waals surface area contributed by atoms with Gasteiger partial charge in [-0.3, -0.25) is 4.79 Å². The van der Waals surface area contributed by atoms with Crippen molar-refractivity contribution in [1.82, 2.24) is 5.32 Å². The van der Waals surface area contributed by atoms with Crippen LogP contribution in [0.15, 0.2) is 54.6 Å². The molecule has 0 unspecified atom stereocenters. The molecule has 0 heterocycles. The maximum Gasteiger partial charge on any atom is 0.223 e. The fourth-order valence-corrected chi connectivity index (χ4v) is 1.83. The van der Waals surface area contributed by atoms with E-state index < -0.39 is 0 Å². The van der Waals surface area contributed by atoms with Gasteiger partial charge in [-0.25, -0.2) is 0 Å². The molecule has 0 aliphatic heterocycles. The van der Waals surface area contributed by atoms with Crippen molar-refractivity contribution < 1.29 is 9.53 Å². The first-order chi connectivity index (χ1) is 9.31. The van der Waals surface area contributed by atoms with Gasteiger partial charge < -0.3 is 10.1 Å². The summed E-state index contributed by atoms with van der Waals surface area (Å²) >= 11 is 0. The van der Waals surface area contributed by atoms with Gasteiger partial charge in [0.1, 0.15) is 5.75 Å². The number of rotatable bonds is 5. The largest absolute Gasteiger partial charge is 0.492 e. The van der Waals surface area contributed by atoms with Crippen LogP contribution in [-0.4, -0.2) is 19.6 Å². The molecule has 2 rings (SSSR count). The molecule has 2 aromatic carbocycles. The molecule has 1 amide bonds. The highest BCUT2D eigenvalue weighted by atomic mass is 16.5. The van der Waals surface area contributed by atoms with Crippen molar-refractivity contribution in [2.75, 3.05) is 13.7 Å². The lowest BCUT2D eigenvalue weighted by molar-refractivity contribution is -0.121. The van der Waals surface area contributed by atoms with Gasteiger partial charge in [-0.1, -0.05) is 48.5 Å². The molecule has 0 atom stereocenters. The van der Waals surface area contributed by atoms with Crippen LogP contribution >= 0.6 is 0 Å². The van der Waals surface area contributed by atoms with Crippen LogP contribution in [0.2, 0.25) is 0 Å². The van der Waals surface area contributed by atoms with Gasteiger partial charge in [-0.15, -0.1) is 0 Å². The average molecular weight is 255 g/mol. The number of carbonyl (C=O) groups excluding carboxylic acids is 1. The number of hydrogen-bond acceptors (Lipinski definition) is 2. The molecule has 0 fully saturated rings. The number of para-hydroxylation sites is 1. The molecular weight excluding hydrogens is 238 g/mol. The number of nitrogens with one attached hydrogen (secondary N) is 1. The van der Waals surface area contributed by atoms with E-state index in [9.17, 15) is 4.79 Å². The summed E-state index contributed by atoms with van der Waals surface area (Å²) in [4.78, 5) is 11.2. The maximum atomic E-state index is 11.2. The van der Waals surface area contributed by atoms with Gasteiger partial charge in [0, 0.05) is 12.6 Å². The van der Waals surface area contributed by atoms with Crippen molar-refractivity contribution in [2.24, 2.45) is 0 Å². The summed E-state index contributed by atoms with van der Waals surface area (Å²) in [6.45, 7) is 0.378. The fourth-order valence-electron chi connectivity index (χ4n) is 1.83. The van der Waals surface area contributed by atoms with Gasteiger partial charge >= 0.3 is 0 Å². The first-order valence-corrected chi connectivity index (χ1v) is 6.29. The standard InChI is InChI=1S/C16H17NO2/c1-17-16(18)11-12-19-15-10-6-5-9-14(15)13-7-3-2-4-8-13/h2-10H,11-12H2,1H3,(H,17,18). The zero-order valence-electron chi connectivity index (χ0n) is 10.9. The van der Waals surface area contributed by atoms with Crippen LogP contribution in [-0.2, 0) is 4.79 Å². The molecule has 1 N–H and O–H groups in total. The predicted octanol–water partition coefficient (Wildman–Crippen LogP) is 2.87. The molecule has 0 aliphatic carbocycles. The van der Waals surface area contributed by atoms with E-state index in [1.807, 2.05) is 54.6 Å². The van der Waals surface area contributed by atoms with E-state index in [4.69, 9.17) is 4.74 Å².